The summed E-state index contributed by atoms with van der Waals surface area (Å²) in [7, 11) is -3.76. The van der Waals surface area contributed by atoms with Crippen LogP contribution >= 0.6 is 0 Å². The molecule has 0 spiro atoms. The van der Waals surface area contributed by atoms with E-state index in [1.807, 2.05) is 36.4 Å². The fraction of sp³-hybridized carbons (Fsp3) is 0.320. The van der Waals surface area contributed by atoms with Crippen molar-refractivity contribution in [2.75, 3.05) is 38.3 Å². The largest absolute Gasteiger partial charge is 0.379 e. The Balaban J connectivity index is 1.30. The van der Waals surface area contributed by atoms with Crippen molar-refractivity contribution in [2.45, 2.75) is 24.4 Å². The number of carbonyl (C=O) groups excluding carboxylic acids is 1. The van der Waals surface area contributed by atoms with E-state index in [1.54, 1.807) is 12.4 Å². The van der Waals surface area contributed by atoms with Gasteiger partial charge in [0.25, 0.3) is 0 Å². The van der Waals surface area contributed by atoms with E-state index in [4.69, 9.17) is 14.6 Å². The second-order valence-corrected chi connectivity index (χ2v) is 9.51. The van der Waals surface area contributed by atoms with Crippen LogP contribution in [0, 0.1) is 0 Å². The minimum atomic E-state index is -3.76. The van der Waals surface area contributed by atoms with Crippen molar-refractivity contribution in [1.82, 2.24) is 14.9 Å². The fourth-order valence-electron chi connectivity index (χ4n) is 3.29. The highest BCUT2D eigenvalue weighted by atomic mass is 32.2. The molecular weight excluding hydrogens is 482 g/mol. The number of pyridine rings is 2. The van der Waals surface area contributed by atoms with E-state index in [2.05, 4.69) is 20.2 Å². The predicted octanol–water partition coefficient (Wildman–Crippen LogP) is 2.19. The lowest BCUT2D eigenvalue weighted by molar-refractivity contribution is -0.117. The number of nitrogens with one attached hydrogen (secondary N) is 1. The third kappa shape index (κ3) is 10.2. The summed E-state index contributed by atoms with van der Waals surface area (Å²) in [6, 6.07) is 17.4. The monoisotopic (exact) mass is 513 g/mol. The zero-order valence-corrected chi connectivity index (χ0v) is 20.8. The Labute approximate surface area is 211 Å². The molecule has 0 fully saturated rings. The Morgan fingerprint density at radius 1 is 0.833 bits per heavy atom. The highest BCUT2D eigenvalue weighted by Crippen LogP contribution is 2.13. The van der Waals surface area contributed by atoms with Gasteiger partial charge in [0.15, 0.2) is 0 Å². The molecule has 36 heavy (non-hydrogen) atoms. The van der Waals surface area contributed by atoms with Gasteiger partial charge in [0.05, 0.1) is 49.1 Å². The normalized spacial score (nSPS) is 11.5. The quantitative estimate of drug-likeness (QED) is 0.295. The number of carbonyl (C=O) groups is 1. The van der Waals surface area contributed by atoms with E-state index in [-0.39, 0.29) is 23.8 Å². The molecule has 11 heteroatoms. The van der Waals surface area contributed by atoms with Gasteiger partial charge in [-0.05, 0) is 48.5 Å². The number of rotatable bonds is 15. The molecule has 1 amide bonds. The number of ether oxygens (including phenoxy) is 2. The van der Waals surface area contributed by atoms with E-state index in [0.29, 0.717) is 45.1 Å². The summed E-state index contributed by atoms with van der Waals surface area (Å²) >= 11 is 0. The smallest absolute Gasteiger partial charge is 0.238 e. The predicted molar refractivity (Wildman–Crippen MR) is 135 cm³/mol. The lowest BCUT2D eigenvalue weighted by Crippen LogP contribution is -2.28. The summed E-state index contributed by atoms with van der Waals surface area (Å²) < 4.78 is 33.7. The molecule has 10 nitrogen and oxygen atoms in total. The van der Waals surface area contributed by atoms with Crippen LogP contribution in [0.5, 0.6) is 0 Å². The van der Waals surface area contributed by atoms with Crippen LogP contribution in [-0.4, -0.2) is 62.2 Å². The van der Waals surface area contributed by atoms with Crippen LogP contribution in [-0.2, 0) is 37.4 Å². The van der Waals surface area contributed by atoms with Crippen molar-refractivity contribution in [3.05, 3.63) is 84.4 Å². The van der Waals surface area contributed by atoms with Gasteiger partial charge in [-0.2, -0.15) is 0 Å². The van der Waals surface area contributed by atoms with Crippen LogP contribution in [0.2, 0.25) is 0 Å². The van der Waals surface area contributed by atoms with Gasteiger partial charge in [0.2, 0.25) is 15.9 Å². The molecule has 3 rings (SSSR count). The zero-order chi connectivity index (χ0) is 25.6. The third-order valence-corrected chi connectivity index (χ3v) is 6.02. The minimum absolute atomic E-state index is 0.0135. The molecule has 0 unspecified atom stereocenters. The summed E-state index contributed by atoms with van der Waals surface area (Å²) in [6.07, 6.45) is 3.73. The molecule has 1 aromatic carbocycles. The number of hydrogen-bond donors (Lipinski definition) is 2. The van der Waals surface area contributed by atoms with Crippen molar-refractivity contribution in [3.63, 3.8) is 0 Å². The van der Waals surface area contributed by atoms with E-state index < -0.39 is 10.0 Å². The Morgan fingerprint density at radius 2 is 1.42 bits per heavy atom. The van der Waals surface area contributed by atoms with Crippen molar-refractivity contribution >= 4 is 21.6 Å². The van der Waals surface area contributed by atoms with E-state index in [1.165, 1.54) is 24.3 Å². The van der Waals surface area contributed by atoms with Crippen LogP contribution in [0.15, 0.2) is 78.0 Å². The number of anilines is 1. The van der Waals surface area contributed by atoms with Gasteiger partial charge in [-0.25, -0.2) is 13.6 Å². The summed E-state index contributed by atoms with van der Waals surface area (Å²) in [5.41, 5.74) is 2.45. The molecular formula is C25H31N5O5S. The number of sulfonamides is 1. The van der Waals surface area contributed by atoms with Gasteiger partial charge in [-0.15, -0.1) is 0 Å². The van der Waals surface area contributed by atoms with Crippen molar-refractivity contribution in [1.29, 1.82) is 0 Å². The lowest BCUT2D eigenvalue weighted by Gasteiger charge is -2.21. The third-order valence-electron chi connectivity index (χ3n) is 5.09. The molecule has 0 aliphatic carbocycles. The molecule has 2 heterocycles. The highest BCUT2D eigenvalue weighted by molar-refractivity contribution is 7.89. The maximum Gasteiger partial charge on any atom is 0.238 e. The molecule has 0 aliphatic rings. The van der Waals surface area contributed by atoms with Gasteiger partial charge in [-0.3, -0.25) is 19.7 Å². The number of primary sulfonamides is 1. The number of nitrogens with two attached hydrogens (primary N) is 1. The number of amides is 1. The van der Waals surface area contributed by atoms with Crippen molar-refractivity contribution in [2.24, 2.45) is 5.14 Å². The topological polar surface area (TPSA) is 137 Å². The van der Waals surface area contributed by atoms with E-state index >= 15 is 0 Å². The van der Waals surface area contributed by atoms with Crippen LogP contribution in [0.3, 0.4) is 0 Å². The molecule has 0 bridgehead atoms. The number of nitrogens with zero attached hydrogens (tertiary/aromatic N) is 3. The SMILES string of the molecule is NS(=O)(=O)c1ccc(NC(=O)CCOCCOCCN(Cc2ccccn2)Cc2ccccn2)cc1. The Kier molecular flexibility index (Phi) is 10.9. The molecule has 3 aromatic rings. The zero-order valence-electron chi connectivity index (χ0n) is 20.0. The van der Waals surface area contributed by atoms with Gasteiger partial charge in [0.1, 0.15) is 0 Å². The molecule has 0 radical (unpaired) electrons. The minimum Gasteiger partial charge on any atom is -0.379 e. The first-order valence-electron chi connectivity index (χ1n) is 11.5. The first-order chi connectivity index (χ1) is 17.4. The number of aromatic nitrogens is 2. The second kappa shape index (κ2) is 14.4. The standard InChI is InChI=1S/C25H31N5O5S/c26-36(32,33)24-9-7-21(8-10-24)29-25(31)11-15-34-17-18-35-16-14-30(19-22-5-1-3-12-27-22)20-23-6-2-4-13-28-23/h1-10,12-13H,11,14-20H2,(H,29,31)(H2,26,32,33). The summed E-state index contributed by atoms with van der Waals surface area (Å²) in [5.74, 6) is -0.237. The first-order valence-corrected chi connectivity index (χ1v) is 13.0. The first kappa shape index (κ1) is 27.4. The van der Waals surface area contributed by atoms with Crippen molar-refractivity contribution in [3.8, 4) is 0 Å². The van der Waals surface area contributed by atoms with Crippen LogP contribution < -0.4 is 10.5 Å². The summed E-state index contributed by atoms with van der Waals surface area (Å²) in [6.45, 7) is 3.65. The highest BCUT2D eigenvalue weighted by Gasteiger charge is 2.10. The summed E-state index contributed by atoms with van der Waals surface area (Å²) in [5, 5.41) is 7.74. The summed E-state index contributed by atoms with van der Waals surface area (Å²) in [4.78, 5) is 23.1. The molecule has 0 saturated heterocycles. The maximum absolute atomic E-state index is 12.0. The Morgan fingerprint density at radius 3 is 1.94 bits per heavy atom. The Bertz CT molecular complexity index is 1120. The Hall–Kier alpha value is -3.22. The van der Waals surface area contributed by atoms with Crippen LogP contribution in [0.25, 0.3) is 0 Å². The van der Waals surface area contributed by atoms with Gasteiger partial charge in [0, 0.05) is 37.7 Å². The molecule has 3 N–H and O–H groups in total. The van der Waals surface area contributed by atoms with Gasteiger partial charge in [-0.1, -0.05) is 12.1 Å². The molecule has 192 valence electrons. The molecule has 0 aliphatic heterocycles. The van der Waals surface area contributed by atoms with Gasteiger partial charge < -0.3 is 14.8 Å². The fourth-order valence-corrected chi connectivity index (χ4v) is 3.80. The number of benzene rings is 1. The van der Waals surface area contributed by atoms with Crippen LogP contribution in [0.4, 0.5) is 5.69 Å². The van der Waals surface area contributed by atoms with E-state index in [9.17, 15) is 13.2 Å². The maximum atomic E-state index is 12.0. The van der Waals surface area contributed by atoms with Gasteiger partial charge >= 0.3 is 0 Å². The molecule has 2 aromatic heterocycles. The molecule has 0 saturated carbocycles. The average Bonchev–Trinajstić information content (AvgIpc) is 2.86. The number of hydrogen-bond acceptors (Lipinski definition) is 8. The lowest BCUT2D eigenvalue weighted by atomic mass is 10.3. The average molecular weight is 514 g/mol. The molecule has 0 atom stereocenters. The van der Waals surface area contributed by atoms with E-state index in [0.717, 1.165) is 11.4 Å². The van der Waals surface area contributed by atoms with Crippen molar-refractivity contribution < 1.29 is 22.7 Å². The van der Waals surface area contributed by atoms with Crippen LogP contribution in [0.1, 0.15) is 17.8 Å². The second-order valence-electron chi connectivity index (χ2n) is 7.95.